The Labute approximate surface area is 106 Å². The zero-order valence-electron chi connectivity index (χ0n) is 10.6. The second kappa shape index (κ2) is 6.11. The average molecular weight is 247 g/mol. The minimum atomic E-state index is 0.391. The van der Waals surface area contributed by atoms with Crippen molar-refractivity contribution in [2.24, 2.45) is 0 Å². The van der Waals surface area contributed by atoms with Crippen LogP contribution in [0.2, 0.25) is 0 Å². The van der Waals surface area contributed by atoms with Gasteiger partial charge in [0.1, 0.15) is 0 Å². The molecule has 0 amide bonds. The molecular formula is C12H17N5O. The van der Waals surface area contributed by atoms with E-state index >= 15 is 0 Å². The van der Waals surface area contributed by atoms with Crippen LogP contribution in [0.3, 0.4) is 0 Å². The molecule has 2 aromatic rings. The number of aromatic nitrogens is 3. The molecule has 0 bridgehead atoms. The van der Waals surface area contributed by atoms with Crippen LogP contribution in [-0.2, 0) is 13.1 Å². The first-order valence-electron chi connectivity index (χ1n) is 5.93. The summed E-state index contributed by atoms with van der Waals surface area (Å²) >= 11 is 0. The summed E-state index contributed by atoms with van der Waals surface area (Å²) in [7, 11) is 0. The first kappa shape index (κ1) is 12.5. The van der Waals surface area contributed by atoms with Crippen LogP contribution >= 0.6 is 0 Å². The summed E-state index contributed by atoms with van der Waals surface area (Å²) in [4.78, 5) is 4.20. The van der Waals surface area contributed by atoms with Gasteiger partial charge in [0.2, 0.25) is 5.89 Å². The normalized spacial score (nSPS) is 10.8. The van der Waals surface area contributed by atoms with Crippen molar-refractivity contribution >= 4 is 6.01 Å². The highest BCUT2D eigenvalue weighted by molar-refractivity contribution is 5.19. The second-order valence-electron chi connectivity index (χ2n) is 4.21. The molecule has 0 spiro atoms. The third kappa shape index (κ3) is 3.81. The highest BCUT2D eigenvalue weighted by atomic mass is 16.4. The summed E-state index contributed by atoms with van der Waals surface area (Å²) in [5.74, 6) is 0.576. The minimum Gasteiger partial charge on any atom is -0.407 e. The van der Waals surface area contributed by atoms with Gasteiger partial charge in [-0.15, -0.1) is 5.10 Å². The quantitative estimate of drug-likeness (QED) is 0.807. The van der Waals surface area contributed by atoms with Crippen LogP contribution in [-0.4, -0.2) is 21.2 Å². The van der Waals surface area contributed by atoms with E-state index in [1.54, 1.807) is 6.20 Å². The zero-order chi connectivity index (χ0) is 12.8. The number of nitrogens with one attached hydrogen (secondary N) is 2. The van der Waals surface area contributed by atoms with Gasteiger partial charge in [-0.3, -0.25) is 4.98 Å². The van der Waals surface area contributed by atoms with Gasteiger partial charge < -0.3 is 15.1 Å². The molecule has 0 aromatic carbocycles. The maximum atomic E-state index is 5.43. The van der Waals surface area contributed by atoms with Gasteiger partial charge in [-0.2, -0.15) is 0 Å². The average Bonchev–Trinajstić information content (AvgIpc) is 2.83. The number of rotatable bonds is 6. The van der Waals surface area contributed by atoms with Crippen molar-refractivity contribution < 1.29 is 4.42 Å². The van der Waals surface area contributed by atoms with Crippen molar-refractivity contribution in [3.63, 3.8) is 0 Å². The van der Waals surface area contributed by atoms with E-state index in [2.05, 4.69) is 39.7 Å². The molecule has 0 fully saturated rings. The number of pyridine rings is 1. The van der Waals surface area contributed by atoms with Gasteiger partial charge in [-0.25, -0.2) is 0 Å². The van der Waals surface area contributed by atoms with Crippen LogP contribution in [0.5, 0.6) is 0 Å². The third-order valence-corrected chi connectivity index (χ3v) is 2.28. The fraction of sp³-hybridized carbons (Fsp3) is 0.417. The van der Waals surface area contributed by atoms with Gasteiger partial charge in [-0.1, -0.05) is 25.0 Å². The summed E-state index contributed by atoms with van der Waals surface area (Å²) in [5.41, 5.74) is 0.928. The molecular weight excluding hydrogens is 230 g/mol. The Morgan fingerprint density at radius 1 is 1.22 bits per heavy atom. The maximum Gasteiger partial charge on any atom is 0.315 e. The van der Waals surface area contributed by atoms with Crippen LogP contribution in [0, 0.1) is 0 Å². The Morgan fingerprint density at radius 2 is 2.11 bits per heavy atom. The summed E-state index contributed by atoms with van der Waals surface area (Å²) in [6.45, 7) is 5.28. The van der Waals surface area contributed by atoms with Crippen molar-refractivity contribution in [2.75, 3.05) is 5.32 Å². The molecule has 2 heterocycles. The van der Waals surface area contributed by atoms with Crippen molar-refractivity contribution in [1.29, 1.82) is 0 Å². The van der Waals surface area contributed by atoms with E-state index in [0.29, 0.717) is 31.0 Å². The van der Waals surface area contributed by atoms with Gasteiger partial charge in [0.25, 0.3) is 0 Å². The minimum absolute atomic E-state index is 0.391. The standard InChI is InChI=1S/C12H17N5O/c1-9(2)14-8-11-16-17-12(18-11)15-7-10-5-3-4-6-13-10/h3-6,9,14H,7-8H2,1-2H3,(H,15,17). The molecule has 2 aromatic heterocycles. The molecule has 6 heteroatoms. The Balaban J connectivity index is 1.83. The van der Waals surface area contributed by atoms with Crippen LogP contribution in [0.4, 0.5) is 6.01 Å². The molecule has 0 aliphatic heterocycles. The van der Waals surface area contributed by atoms with Gasteiger partial charge in [-0.05, 0) is 12.1 Å². The van der Waals surface area contributed by atoms with E-state index in [4.69, 9.17) is 4.42 Å². The fourth-order valence-electron chi connectivity index (χ4n) is 1.36. The van der Waals surface area contributed by atoms with E-state index < -0.39 is 0 Å². The Kier molecular flexibility index (Phi) is 4.25. The van der Waals surface area contributed by atoms with Crippen molar-refractivity contribution in [2.45, 2.75) is 33.0 Å². The van der Waals surface area contributed by atoms with Crippen LogP contribution in [0.1, 0.15) is 25.4 Å². The number of hydrogen-bond donors (Lipinski definition) is 2. The highest BCUT2D eigenvalue weighted by Gasteiger charge is 2.05. The van der Waals surface area contributed by atoms with Crippen molar-refractivity contribution in [1.82, 2.24) is 20.5 Å². The topological polar surface area (TPSA) is 75.9 Å². The van der Waals surface area contributed by atoms with Crippen molar-refractivity contribution in [3.8, 4) is 0 Å². The lowest BCUT2D eigenvalue weighted by molar-refractivity contribution is 0.458. The fourth-order valence-corrected chi connectivity index (χ4v) is 1.36. The van der Waals surface area contributed by atoms with E-state index in [9.17, 15) is 0 Å². The van der Waals surface area contributed by atoms with E-state index in [-0.39, 0.29) is 0 Å². The molecule has 96 valence electrons. The molecule has 2 N–H and O–H groups in total. The van der Waals surface area contributed by atoms with Gasteiger partial charge in [0.05, 0.1) is 18.8 Å². The van der Waals surface area contributed by atoms with Crippen LogP contribution in [0.15, 0.2) is 28.8 Å². The molecule has 0 saturated carbocycles. The molecule has 6 nitrogen and oxygen atoms in total. The molecule has 0 aliphatic carbocycles. The first-order valence-corrected chi connectivity index (χ1v) is 5.93. The van der Waals surface area contributed by atoms with Gasteiger partial charge in [0, 0.05) is 12.2 Å². The second-order valence-corrected chi connectivity index (χ2v) is 4.21. The predicted octanol–water partition coefficient (Wildman–Crippen LogP) is 1.57. The lowest BCUT2D eigenvalue weighted by atomic mass is 10.3. The van der Waals surface area contributed by atoms with E-state index in [1.165, 1.54) is 0 Å². The Hall–Kier alpha value is -1.95. The first-order chi connectivity index (χ1) is 8.74. The number of anilines is 1. The predicted molar refractivity (Wildman–Crippen MR) is 67.8 cm³/mol. The van der Waals surface area contributed by atoms with Crippen LogP contribution < -0.4 is 10.6 Å². The molecule has 0 saturated heterocycles. The Morgan fingerprint density at radius 3 is 2.83 bits per heavy atom. The summed E-state index contributed by atoms with van der Waals surface area (Å²) < 4.78 is 5.43. The molecule has 0 unspecified atom stereocenters. The number of nitrogens with zero attached hydrogens (tertiary/aromatic N) is 3. The largest absolute Gasteiger partial charge is 0.407 e. The van der Waals surface area contributed by atoms with E-state index in [1.807, 2.05) is 18.2 Å². The van der Waals surface area contributed by atoms with Gasteiger partial charge >= 0.3 is 6.01 Å². The lowest BCUT2D eigenvalue weighted by Crippen LogP contribution is -2.21. The summed E-state index contributed by atoms with van der Waals surface area (Å²) in [6, 6.07) is 6.56. The SMILES string of the molecule is CC(C)NCc1nnc(NCc2ccccn2)o1. The maximum absolute atomic E-state index is 5.43. The van der Waals surface area contributed by atoms with Crippen molar-refractivity contribution in [3.05, 3.63) is 36.0 Å². The molecule has 2 rings (SSSR count). The zero-order valence-corrected chi connectivity index (χ0v) is 10.6. The Bertz CT molecular complexity index is 468. The molecule has 0 atom stereocenters. The lowest BCUT2D eigenvalue weighted by Gasteiger charge is -2.03. The molecule has 0 radical (unpaired) electrons. The summed E-state index contributed by atoms with van der Waals surface area (Å²) in [5, 5.41) is 14.1. The van der Waals surface area contributed by atoms with Gasteiger partial charge in [0.15, 0.2) is 0 Å². The number of hydrogen-bond acceptors (Lipinski definition) is 6. The monoisotopic (exact) mass is 247 g/mol. The molecule has 18 heavy (non-hydrogen) atoms. The molecule has 0 aliphatic rings. The third-order valence-electron chi connectivity index (χ3n) is 2.28. The van der Waals surface area contributed by atoms with Crippen LogP contribution in [0.25, 0.3) is 0 Å². The highest BCUT2D eigenvalue weighted by Crippen LogP contribution is 2.06. The summed E-state index contributed by atoms with van der Waals surface area (Å²) in [6.07, 6.45) is 1.75. The van der Waals surface area contributed by atoms with E-state index in [0.717, 1.165) is 5.69 Å². The smallest absolute Gasteiger partial charge is 0.315 e.